The molecule has 1 aliphatic rings. The summed E-state index contributed by atoms with van der Waals surface area (Å²) >= 11 is 4.41. The van der Waals surface area contributed by atoms with Crippen molar-refractivity contribution in [1.29, 1.82) is 0 Å². The number of carbonyl (C=O) groups is 2. The van der Waals surface area contributed by atoms with Crippen LogP contribution >= 0.6 is 27.7 Å². The van der Waals surface area contributed by atoms with E-state index >= 15 is 0 Å². The van der Waals surface area contributed by atoms with E-state index in [1.807, 2.05) is 6.92 Å². The number of likely N-dealkylation sites (N-methyl/N-ethyl adjacent to an activating group) is 1. The Morgan fingerprint density at radius 3 is 2.41 bits per heavy atom. The Bertz CT molecular complexity index is 962. The third kappa shape index (κ3) is 5.00. The lowest BCUT2D eigenvalue weighted by Crippen LogP contribution is -2.27. The van der Waals surface area contributed by atoms with Crippen LogP contribution in [0.4, 0.5) is 9.18 Å². The van der Waals surface area contributed by atoms with Crippen LogP contribution in [0.5, 0.6) is 11.5 Å². The summed E-state index contributed by atoms with van der Waals surface area (Å²) in [5.74, 6) is 0.424. The minimum atomic E-state index is -0.302. The number of rotatable bonds is 7. The molecule has 0 aliphatic carbocycles. The number of benzene rings is 2. The minimum Gasteiger partial charge on any atom is -0.490 e. The Morgan fingerprint density at radius 2 is 1.79 bits per heavy atom. The zero-order valence-electron chi connectivity index (χ0n) is 15.9. The van der Waals surface area contributed by atoms with Gasteiger partial charge in [0.05, 0.1) is 11.5 Å². The molecule has 3 rings (SSSR count). The van der Waals surface area contributed by atoms with Gasteiger partial charge in [0.25, 0.3) is 11.1 Å². The second-order valence-corrected chi connectivity index (χ2v) is 7.94. The van der Waals surface area contributed by atoms with Crippen molar-refractivity contribution in [3.63, 3.8) is 0 Å². The summed E-state index contributed by atoms with van der Waals surface area (Å²) < 4.78 is 25.3. The first-order valence-electron chi connectivity index (χ1n) is 9.01. The van der Waals surface area contributed by atoms with E-state index in [2.05, 4.69) is 15.9 Å². The van der Waals surface area contributed by atoms with Gasteiger partial charge in [0.1, 0.15) is 12.4 Å². The zero-order valence-corrected chi connectivity index (χ0v) is 18.3. The fourth-order valence-electron chi connectivity index (χ4n) is 2.70. The Morgan fingerprint density at radius 1 is 1.10 bits per heavy atom. The maximum absolute atomic E-state index is 13.1. The van der Waals surface area contributed by atoms with Gasteiger partial charge in [0.2, 0.25) is 0 Å². The van der Waals surface area contributed by atoms with Gasteiger partial charge in [-0.2, -0.15) is 0 Å². The number of thioether (sulfide) groups is 1. The molecule has 2 amide bonds. The van der Waals surface area contributed by atoms with Crippen LogP contribution in [-0.4, -0.2) is 29.2 Å². The molecule has 2 aromatic carbocycles. The van der Waals surface area contributed by atoms with Crippen LogP contribution in [0.2, 0.25) is 0 Å². The first kappa shape index (κ1) is 21.4. The Labute approximate surface area is 181 Å². The number of imide groups is 1. The van der Waals surface area contributed by atoms with Crippen molar-refractivity contribution in [2.75, 3.05) is 13.2 Å². The molecule has 0 bridgehead atoms. The number of hydrogen-bond donors (Lipinski definition) is 0. The highest BCUT2D eigenvalue weighted by atomic mass is 79.9. The van der Waals surface area contributed by atoms with Crippen LogP contribution < -0.4 is 9.47 Å². The van der Waals surface area contributed by atoms with E-state index in [4.69, 9.17) is 9.47 Å². The van der Waals surface area contributed by atoms with Gasteiger partial charge in [0.15, 0.2) is 11.5 Å². The van der Waals surface area contributed by atoms with Crippen LogP contribution in [0.15, 0.2) is 45.8 Å². The fourth-order valence-corrected chi connectivity index (χ4v) is 4.03. The van der Waals surface area contributed by atoms with E-state index in [0.717, 1.165) is 17.3 Å². The largest absolute Gasteiger partial charge is 0.490 e. The highest BCUT2D eigenvalue weighted by Crippen LogP contribution is 2.38. The number of amides is 2. The lowest BCUT2D eigenvalue weighted by molar-refractivity contribution is -0.122. The molecule has 2 aromatic rings. The minimum absolute atomic E-state index is 0.252. The smallest absolute Gasteiger partial charge is 0.293 e. The van der Waals surface area contributed by atoms with Gasteiger partial charge in [-0.05, 0) is 67.1 Å². The predicted octanol–water partition coefficient (Wildman–Crippen LogP) is 5.62. The van der Waals surface area contributed by atoms with E-state index in [0.29, 0.717) is 39.6 Å². The fraction of sp³-hybridized carbons (Fsp3) is 0.238. The molecule has 8 heteroatoms. The molecule has 1 aliphatic heterocycles. The lowest BCUT2D eigenvalue weighted by Gasteiger charge is -2.14. The summed E-state index contributed by atoms with van der Waals surface area (Å²) in [6, 6.07) is 9.58. The molecule has 0 spiro atoms. The van der Waals surface area contributed by atoms with Crippen LogP contribution in [0.25, 0.3) is 6.08 Å². The van der Waals surface area contributed by atoms with E-state index in [-0.39, 0.29) is 23.6 Å². The molecule has 1 saturated heterocycles. The maximum atomic E-state index is 13.1. The van der Waals surface area contributed by atoms with Crippen molar-refractivity contribution in [2.45, 2.75) is 20.5 Å². The maximum Gasteiger partial charge on any atom is 0.293 e. The van der Waals surface area contributed by atoms with Crippen molar-refractivity contribution in [3.05, 3.63) is 62.7 Å². The number of ether oxygens (including phenoxy) is 2. The number of hydrogen-bond acceptors (Lipinski definition) is 5. The van der Waals surface area contributed by atoms with Gasteiger partial charge in [-0.3, -0.25) is 14.5 Å². The molecule has 0 saturated carbocycles. The molecule has 0 N–H and O–H groups in total. The van der Waals surface area contributed by atoms with E-state index < -0.39 is 0 Å². The van der Waals surface area contributed by atoms with E-state index in [1.165, 1.54) is 17.0 Å². The van der Waals surface area contributed by atoms with Crippen molar-refractivity contribution in [3.8, 4) is 11.5 Å². The average molecular weight is 480 g/mol. The Kier molecular flexibility index (Phi) is 6.97. The molecule has 1 fully saturated rings. The van der Waals surface area contributed by atoms with Crippen molar-refractivity contribution in [1.82, 2.24) is 4.90 Å². The number of nitrogens with zero attached hydrogens (tertiary/aromatic N) is 1. The lowest BCUT2D eigenvalue weighted by atomic mass is 10.1. The van der Waals surface area contributed by atoms with Gasteiger partial charge < -0.3 is 9.47 Å². The topological polar surface area (TPSA) is 55.8 Å². The van der Waals surface area contributed by atoms with Crippen molar-refractivity contribution < 1.29 is 23.5 Å². The SMILES string of the molecule is CCOc1cc(/C=C2/SC(=O)N(CC)C2=O)c(Br)cc1OCc1ccc(F)cc1. The van der Waals surface area contributed by atoms with Crippen molar-refractivity contribution in [2.24, 2.45) is 0 Å². The molecular weight excluding hydrogens is 461 g/mol. The van der Waals surface area contributed by atoms with Gasteiger partial charge >= 0.3 is 0 Å². The summed E-state index contributed by atoms with van der Waals surface area (Å²) in [7, 11) is 0. The molecule has 0 radical (unpaired) electrons. The monoisotopic (exact) mass is 479 g/mol. The molecule has 29 heavy (non-hydrogen) atoms. The molecule has 0 aromatic heterocycles. The molecule has 1 heterocycles. The second-order valence-electron chi connectivity index (χ2n) is 6.09. The van der Waals surface area contributed by atoms with Gasteiger partial charge in [-0.25, -0.2) is 4.39 Å². The standard InChI is InChI=1S/C21H19BrFNO4S/c1-3-24-20(25)19(29-21(24)26)10-14-9-17(27-4-2)18(11-16(14)22)28-12-13-5-7-15(23)8-6-13/h5-11H,3-4,12H2,1-2H3/b19-10+. The summed E-state index contributed by atoms with van der Waals surface area (Å²) in [4.78, 5) is 25.8. The van der Waals surface area contributed by atoms with Crippen LogP contribution in [-0.2, 0) is 11.4 Å². The van der Waals surface area contributed by atoms with Crippen LogP contribution in [0.1, 0.15) is 25.0 Å². The third-order valence-corrected chi connectivity index (χ3v) is 5.74. The van der Waals surface area contributed by atoms with E-state index in [1.54, 1.807) is 37.3 Å². The highest BCUT2D eigenvalue weighted by Gasteiger charge is 2.33. The predicted molar refractivity (Wildman–Crippen MR) is 114 cm³/mol. The quantitative estimate of drug-likeness (QED) is 0.482. The van der Waals surface area contributed by atoms with Gasteiger partial charge in [0, 0.05) is 11.0 Å². The zero-order chi connectivity index (χ0) is 21.0. The summed E-state index contributed by atoms with van der Waals surface area (Å²) in [6.07, 6.45) is 1.66. The first-order valence-corrected chi connectivity index (χ1v) is 10.6. The molecule has 5 nitrogen and oxygen atoms in total. The van der Waals surface area contributed by atoms with Gasteiger partial charge in [-0.15, -0.1) is 0 Å². The molecular formula is C21H19BrFNO4S. The van der Waals surface area contributed by atoms with Crippen LogP contribution in [0.3, 0.4) is 0 Å². The Balaban J connectivity index is 1.86. The number of halogens is 2. The van der Waals surface area contributed by atoms with Crippen molar-refractivity contribution >= 4 is 44.9 Å². The highest BCUT2D eigenvalue weighted by molar-refractivity contribution is 9.10. The molecule has 0 unspecified atom stereocenters. The molecule has 0 atom stereocenters. The number of carbonyl (C=O) groups excluding carboxylic acids is 2. The van der Waals surface area contributed by atoms with E-state index in [9.17, 15) is 14.0 Å². The normalized spacial score (nSPS) is 15.3. The third-order valence-electron chi connectivity index (χ3n) is 4.15. The first-order chi connectivity index (χ1) is 13.9. The molecule has 152 valence electrons. The summed E-state index contributed by atoms with van der Waals surface area (Å²) in [5.41, 5.74) is 1.52. The average Bonchev–Trinajstić information content (AvgIpc) is 2.97. The van der Waals surface area contributed by atoms with Crippen LogP contribution in [0, 0.1) is 5.82 Å². The van der Waals surface area contributed by atoms with Gasteiger partial charge in [-0.1, -0.05) is 28.1 Å². The summed E-state index contributed by atoms with van der Waals surface area (Å²) in [5, 5.41) is -0.274. The second kappa shape index (κ2) is 9.45. The summed E-state index contributed by atoms with van der Waals surface area (Å²) in [6.45, 7) is 4.64. The Hall–Kier alpha value is -2.32.